The van der Waals surface area contributed by atoms with Crippen LogP contribution in [0.25, 0.3) is 11.1 Å². The molecule has 10 aliphatic heterocycles. The second kappa shape index (κ2) is 36.6. The minimum Gasteiger partial charge on any atom is -0.392 e. The van der Waals surface area contributed by atoms with Crippen molar-refractivity contribution < 1.29 is 97.2 Å². The molecular formula is C96H148N2O20. The van der Waals surface area contributed by atoms with E-state index in [2.05, 4.69) is 52.2 Å². The molecule has 8 N–H and O–H groups in total. The number of carbonyl (C=O) groups is 4. The zero-order chi connectivity index (χ0) is 85.9. The highest BCUT2D eigenvalue weighted by molar-refractivity contribution is 5.94. The van der Waals surface area contributed by atoms with Gasteiger partial charge < -0.3 is 88.6 Å². The van der Waals surface area contributed by atoms with E-state index in [0.717, 1.165) is 24.0 Å². The molecule has 2 amide bonds. The summed E-state index contributed by atoms with van der Waals surface area (Å²) >= 11 is 0. The van der Waals surface area contributed by atoms with Crippen molar-refractivity contribution in [3.8, 4) is 11.1 Å². The predicted molar refractivity (Wildman–Crippen MR) is 451 cm³/mol. The first-order chi connectivity index (χ1) is 55.7. The van der Waals surface area contributed by atoms with E-state index in [1.54, 1.807) is 38.2 Å². The number of Topliss-reactive ketones (excluding diaryl/α,β-unsaturated/α-hetero) is 2. The number of nitrogens with one attached hydrogen (secondary N) is 2. The third-order valence-corrected chi connectivity index (χ3v) is 31.6. The third-order valence-electron chi connectivity index (χ3n) is 31.6. The summed E-state index contributed by atoms with van der Waals surface area (Å²) in [5.74, 6) is -10.8. The van der Waals surface area contributed by atoms with Crippen molar-refractivity contribution in [2.45, 2.75) is 398 Å². The molecule has 0 radical (unpaired) electrons. The molecule has 8 fully saturated rings. The van der Waals surface area contributed by atoms with E-state index in [9.17, 15) is 40.2 Å². The first-order valence-corrected chi connectivity index (χ1v) is 45.9. The van der Waals surface area contributed by atoms with Gasteiger partial charge in [0.25, 0.3) is 0 Å². The molecule has 0 saturated carbocycles. The van der Waals surface area contributed by atoms with E-state index in [0.29, 0.717) is 127 Å². The Bertz CT molecular complexity index is 3580. The van der Waals surface area contributed by atoms with Gasteiger partial charge in [-0.1, -0.05) is 135 Å². The Morgan fingerprint density at radius 3 is 1.11 bits per heavy atom. The van der Waals surface area contributed by atoms with Crippen LogP contribution >= 0.6 is 0 Å². The van der Waals surface area contributed by atoms with Crippen molar-refractivity contribution in [1.29, 1.82) is 0 Å². The van der Waals surface area contributed by atoms with Crippen LogP contribution in [0.15, 0.2) is 72.8 Å². The smallest absolute Gasteiger partial charge is 0.230 e. The summed E-state index contributed by atoms with van der Waals surface area (Å²) in [4.78, 5) is 58.7. The molecule has 8 saturated heterocycles. The van der Waals surface area contributed by atoms with Crippen LogP contribution in [0.2, 0.25) is 0 Å². The topological polar surface area (TPSA) is 306 Å². The lowest BCUT2D eigenvalue weighted by atomic mass is 9.72. The van der Waals surface area contributed by atoms with Crippen LogP contribution in [-0.2, 0) is 66.5 Å². The molecule has 2 aromatic rings. The Kier molecular flexibility index (Phi) is 28.8. The van der Waals surface area contributed by atoms with Gasteiger partial charge in [0.05, 0.1) is 107 Å². The fourth-order valence-electron chi connectivity index (χ4n) is 23.0. The zero-order valence-electron chi connectivity index (χ0n) is 74.6. The lowest BCUT2D eigenvalue weighted by molar-refractivity contribution is -0.409. The molecule has 4 spiro atoms. The molecule has 12 rings (SSSR count). The second-order valence-corrected chi connectivity index (χ2v) is 39.3. The minimum absolute atomic E-state index is 0.0357. The van der Waals surface area contributed by atoms with E-state index in [4.69, 9.17) is 47.4 Å². The van der Waals surface area contributed by atoms with Crippen LogP contribution in [-0.4, -0.2) is 185 Å². The number of benzene rings is 2. The molecule has 0 unspecified atom stereocenters. The van der Waals surface area contributed by atoms with Gasteiger partial charge in [-0.3, -0.25) is 19.2 Å². The molecular weight excluding hydrogens is 1500 g/mol. The van der Waals surface area contributed by atoms with Gasteiger partial charge >= 0.3 is 0 Å². The monoisotopic (exact) mass is 1650 g/mol. The third kappa shape index (κ3) is 18.0. The SMILES string of the molecule is CC[C@@H](C(=O)[C@@H](C)[C@@H](O)[C@H](C)[C@@H]1O[C@@H]([C@@H](CC)C(=O)Nc2ccc(-c3ccc(NC(=O)[C@H](CC)[C@H]4CC[C@H](C)[C@H]([C@@H](C)[C@H](O)[C@H](C)C(=O)[C@H](CC)[C@H]5O[C@]6(C=C[C@@H](O)[C@]7(CC[C@@](C)([C@H]8CC[C@](O)(CC)[C@H](C)O8)O7)O6)[C@H](C)C[C@@H]5C)O4)cc3)cc2)CC[C@@H]1C)[C@H]1O[C@]2(C=C[C@@H](O)[C@]3(CC[C@@](C)([C@H]4CC[C@](O)(CC)[C@H](C)O4)O3)O2)[C@H](C)C[C@@H]1C. The number of anilines is 2. The van der Waals surface area contributed by atoms with Crippen LogP contribution in [0.3, 0.4) is 0 Å². The normalized spacial score (nSPS) is 42.7. The van der Waals surface area contributed by atoms with E-state index in [-0.39, 0.29) is 83.3 Å². The Balaban J connectivity index is 0.614. The minimum atomic E-state index is -1.42. The highest BCUT2D eigenvalue weighted by atomic mass is 16.8. The van der Waals surface area contributed by atoms with Gasteiger partial charge in [0.15, 0.2) is 11.6 Å². The van der Waals surface area contributed by atoms with Gasteiger partial charge in [0.2, 0.25) is 23.4 Å². The lowest BCUT2D eigenvalue weighted by Crippen LogP contribution is -2.63. The summed E-state index contributed by atoms with van der Waals surface area (Å²) in [6.45, 7) is 39.8. The van der Waals surface area contributed by atoms with Gasteiger partial charge in [-0.15, -0.1) is 0 Å². The van der Waals surface area contributed by atoms with Gasteiger partial charge in [-0.05, 0) is 227 Å². The van der Waals surface area contributed by atoms with Crippen molar-refractivity contribution in [2.24, 2.45) is 82.9 Å². The van der Waals surface area contributed by atoms with Crippen LogP contribution in [0.1, 0.15) is 267 Å². The maximum absolute atomic E-state index is 15.0. The Morgan fingerprint density at radius 1 is 0.441 bits per heavy atom. The molecule has 22 heteroatoms. The quantitative estimate of drug-likeness (QED) is 0.0385. The number of amides is 2. The van der Waals surface area contributed by atoms with Crippen LogP contribution in [0, 0.1) is 82.9 Å². The average Bonchev–Trinajstić information content (AvgIpc) is 1.40. The van der Waals surface area contributed by atoms with Crippen LogP contribution in [0.4, 0.5) is 11.4 Å². The number of hydrogen-bond acceptors (Lipinski definition) is 20. The number of aliphatic hydroxyl groups excluding tert-OH is 4. The van der Waals surface area contributed by atoms with E-state index >= 15 is 9.59 Å². The molecule has 10 heterocycles. The summed E-state index contributed by atoms with van der Waals surface area (Å²) in [5.41, 5.74) is -0.319. The summed E-state index contributed by atoms with van der Waals surface area (Å²) in [5, 5.41) is 76.8. The van der Waals surface area contributed by atoms with Crippen molar-refractivity contribution >= 4 is 34.8 Å². The number of aliphatic hydroxyl groups is 6. The highest BCUT2D eigenvalue weighted by Gasteiger charge is 2.66. The molecule has 0 aromatic heterocycles. The molecule has 0 aliphatic carbocycles. The molecule has 0 bridgehead atoms. The van der Waals surface area contributed by atoms with Crippen molar-refractivity contribution in [3.63, 3.8) is 0 Å². The number of carbonyl (C=O) groups excluding carboxylic acids is 4. The molecule has 36 atom stereocenters. The number of ketones is 2. The second-order valence-electron chi connectivity index (χ2n) is 39.3. The van der Waals surface area contributed by atoms with Crippen molar-refractivity contribution in [2.75, 3.05) is 10.6 Å². The first-order valence-electron chi connectivity index (χ1n) is 45.9. The van der Waals surface area contributed by atoms with Crippen LogP contribution < -0.4 is 10.6 Å². The number of ether oxygens (including phenoxy) is 10. The fourth-order valence-corrected chi connectivity index (χ4v) is 23.0. The Labute approximate surface area is 703 Å². The molecule has 22 nitrogen and oxygen atoms in total. The maximum Gasteiger partial charge on any atom is 0.230 e. The largest absolute Gasteiger partial charge is 0.392 e. The summed E-state index contributed by atoms with van der Waals surface area (Å²) < 4.78 is 68.9. The standard InChI is InChI=1S/C96H148N2O20/c1-21-69(73-37-27-53(7)83(111-73)61(15)79(101)59(13)81(103)71(23-3)85-55(9)51-57(11)93(113-85)45-39-75(99)95(117-93)49-47-89(19,115-95)77-41-43-91(107,25-5)63(17)109-77)87(105)97-67-33-29-65(30-34-67)66-31-35-68(36-32-66)98-88(106)70(22-2)74-38-28-54(8)84(112-74)62(16)80(102)60(14)82(104)72(24-4)86-56(10)52-58(12)94(114-86)46-40-76(100)96(118-94)50-48-90(20,116-96)78-42-44-92(108,26-6)64(18)110-78/h29-36,39-40,45-46,53-64,69-80,83-86,99-102,107-108H,21-28,37-38,41-44,47-52H2,1-20H3,(H,97,105)(H,98,106)/t53-,54-,55-,56-,57+,58+,59-,60-,61-,62-,63-,64-,69+,70+,71-,72-,73+,74+,75+,76+,77+,78+,79+,80+,83+,84+,85-,86-,89-,90-,91+,92+,93-,94-,95-,96-/m0/s1. The Hall–Kier alpha value is -4.44. The fraction of sp³-hybridized carbons (Fsp3) is 0.792. The van der Waals surface area contributed by atoms with E-state index in [1.807, 2.05) is 132 Å². The Morgan fingerprint density at radius 2 is 0.788 bits per heavy atom. The molecule has 662 valence electrons. The highest BCUT2D eigenvalue weighted by Crippen LogP contribution is 2.57. The van der Waals surface area contributed by atoms with Gasteiger partial charge in [0.1, 0.15) is 23.8 Å². The van der Waals surface area contributed by atoms with Gasteiger partial charge in [-0.2, -0.15) is 0 Å². The van der Waals surface area contributed by atoms with Crippen molar-refractivity contribution in [3.05, 3.63) is 72.8 Å². The lowest BCUT2D eigenvalue weighted by Gasteiger charge is -2.54. The first kappa shape index (κ1) is 92.7. The summed E-state index contributed by atoms with van der Waals surface area (Å²) in [6.07, 6.45) is 10.2. The summed E-state index contributed by atoms with van der Waals surface area (Å²) in [6, 6.07) is 15.4. The molecule has 118 heavy (non-hydrogen) atoms. The predicted octanol–water partition coefficient (Wildman–Crippen LogP) is 15.5. The van der Waals surface area contributed by atoms with E-state index in [1.165, 1.54) is 0 Å². The van der Waals surface area contributed by atoms with Gasteiger partial charge in [-0.25, -0.2) is 0 Å². The zero-order valence-corrected chi connectivity index (χ0v) is 74.6. The van der Waals surface area contributed by atoms with Gasteiger partial charge in [0, 0.05) is 71.6 Å². The summed E-state index contributed by atoms with van der Waals surface area (Å²) in [7, 11) is 0. The van der Waals surface area contributed by atoms with Crippen LogP contribution in [0.5, 0.6) is 0 Å². The number of rotatable bonds is 27. The van der Waals surface area contributed by atoms with Crippen molar-refractivity contribution in [1.82, 2.24) is 0 Å². The maximum atomic E-state index is 15.0. The number of hydrogen-bond donors (Lipinski definition) is 8. The average molecular weight is 1650 g/mol. The molecule has 2 aromatic carbocycles. The van der Waals surface area contributed by atoms with E-state index < -0.39 is 154 Å². The molecule has 10 aliphatic rings.